The fraction of sp³-hybridized carbons (Fsp3) is 0.571. The minimum absolute atomic E-state index is 0.286. The summed E-state index contributed by atoms with van der Waals surface area (Å²) in [4.78, 5) is 40.4. The van der Waals surface area contributed by atoms with Gasteiger partial charge in [0, 0.05) is 32.7 Å². The first-order valence-corrected chi connectivity index (χ1v) is 9.53. The zero-order valence-electron chi connectivity index (χ0n) is 17.3. The highest BCUT2D eigenvalue weighted by molar-refractivity contribution is 5.85. The SMILES string of the molecule is CN(C)C(=O)[C@@H](OC(=O)C1CCN(C(=O)OC(C)(C)C)CC1)c1ccccc1. The molecule has 154 valence electrons. The summed E-state index contributed by atoms with van der Waals surface area (Å²) in [5.74, 6) is -1.04. The van der Waals surface area contributed by atoms with E-state index in [2.05, 4.69) is 0 Å². The molecule has 1 aliphatic rings. The molecular weight excluding hydrogens is 360 g/mol. The first-order valence-electron chi connectivity index (χ1n) is 9.53. The van der Waals surface area contributed by atoms with Crippen molar-refractivity contribution in [1.29, 1.82) is 0 Å². The van der Waals surface area contributed by atoms with E-state index in [0.717, 1.165) is 0 Å². The largest absolute Gasteiger partial charge is 0.447 e. The molecule has 1 aromatic carbocycles. The number of hydrogen-bond acceptors (Lipinski definition) is 5. The molecule has 0 radical (unpaired) electrons. The fourth-order valence-electron chi connectivity index (χ4n) is 2.96. The molecule has 2 amide bonds. The fourth-order valence-corrected chi connectivity index (χ4v) is 2.96. The lowest BCUT2D eigenvalue weighted by Crippen LogP contribution is -2.43. The Morgan fingerprint density at radius 1 is 1.07 bits per heavy atom. The van der Waals surface area contributed by atoms with Crippen molar-refractivity contribution in [3.63, 3.8) is 0 Å². The molecule has 2 rings (SSSR count). The van der Waals surface area contributed by atoms with Crippen LogP contribution in [0.4, 0.5) is 4.79 Å². The number of nitrogens with zero attached hydrogens (tertiary/aromatic N) is 2. The molecule has 1 heterocycles. The van der Waals surface area contributed by atoms with E-state index in [-0.39, 0.29) is 17.9 Å². The summed E-state index contributed by atoms with van der Waals surface area (Å²) in [6.07, 6.45) is -0.372. The Balaban J connectivity index is 1.98. The highest BCUT2D eigenvalue weighted by Gasteiger charge is 2.34. The summed E-state index contributed by atoms with van der Waals surface area (Å²) in [6.45, 7) is 6.31. The van der Waals surface area contributed by atoms with E-state index >= 15 is 0 Å². The van der Waals surface area contributed by atoms with Gasteiger partial charge in [0.15, 0.2) is 0 Å². The van der Waals surface area contributed by atoms with Gasteiger partial charge in [0.1, 0.15) is 5.60 Å². The molecule has 1 fully saturated rings. The lowest BCUT2D eigenvalue weighted by Gasteiger charge is -2.33. The molecule has 28 heavy (non-hydrogen) atoms. The number of carbonyl (C=O) groups excluding carboxylic acids is 3. The Kier molecular flexibility index (Phi) is 7.05. The molecule has 0 aliphatic carbocycles. The van der Waals surface area contributed by atoms with Crippen LogP contribution in [0.1, 0.15) is 45.3 Å². The van der Waals surface area contributed by atoms with Gasteiger partial charge in [-0.3, -0.25) is 9.59 Å². The lowest BCUT2D eigenvalue weighted by molar-refractivity contribution is -0.164. The normalized spacial score (nSPS) is 16.2. The molecule has 0 saturated carbocycles. The van der Waals surface area contributed by atoms with E-state index in [1.165, 1.54) is 4.90 Å². The third kappa shape index (κ3) is 5.97. The van der Waals surface area contributed by atoms with E-state index < -0.39 is 17.7 Å². The Hall–Kier alpha value is -2.57. The molecule has 0 spiro atoms. The van der Waals surface area contributed by atoms with Crippen molar-refractivity contribution in [1.82, 2.24) is 9.80 Å². The topological polar surface area (TPSA) is 76.2 Å². The van der Waals surface area contributed by atoms with Crippen LogP contribution in [0.15, 0.2) is 30.3 Å². The number of carbonyl (C=O) groups is 3. The Labute approximate surface area is 166 Å². The number of amides is 2. The van der Waals surface area contributed by atoms with Crippen LogP contribution in [-0.4, -0.2) is 60.6 Å². The molecule has 7 nitrogen and oxygen atoms in total. The van der Waals surface area contributed by atoms with Crippen LogP contribution in [0, 0.1) is 5.92 Å². The lowest BCUT2D eigenvalue weighted by atomic mass is 9.97. The first kappa shape index (κ1) is 21.7. The summed E-state index contributed by atoms with van der Waals surface area (Å²) in [5.41, 5.74) is 0.0863. The maximum atomic E-state index is 12.7. The van der Waals surface area contributed by atoms with Gasteiger partial charge in [-0.05, 0) is 33.6 Å². The van der Waals surface area contributed by atoms with Crippen LogP contribution in [0.2, 0.25) is 0 Å². The average molecular weight is 390 g/mol. The van der Waals surface area contributed by atoms with Gasteiger partial charge < -0.3 is 19.3 Å². The quantitative estimate of drug-likeness (QED) is 0.739. The molecule has 0 bridgehead atoms. The number of likely N-dealkylation sites (N-methyl/N-ethyl adjacent to an activating group) is 1. The molecule has 0 aromatic heterocycles. The van der Waals surface area contributed by atoms with Gasteiger partial charge in [-0.2, -0.15) is 0 Å². The van der Waals surface area contributed by atoms with Gasteiger partial charge in [0.05, 0.1) is 5.92 Å². The van der Waals surface area contributed by atoms with Crippen LogP contribution in [-0.2, 0) is 19.1 Å². The van der Waals surface area contributed by atoms with Crippen molar-refractivity contribution in [2.24, 2.45) is 5.92 Å². The van der Waals surface area contributed by atoms with Crippen molar-refractivity contribution in [2.75, 3.05) is 27.2 Å². The van der Waals surface area contributed by atoms with Crippen molar-refractivity contribution in [2.45, 2.75) is 45.3 Å². The molecule has 1 saturated heterocycles. The Morgan fingerprint density at radius 2 is 1.64 bits per heavy atom. The summed E-state index contributed by atoms with van der Waals surface area (Å²) in [5, 5.41) is 0. The number of hydrogen-bond donors (Lipinski definition) is 0. The minimum atomic E-state index is -0.965. The van der Waals surface area contributed by atoms with E-state index in [4.69, 9.17) is 9.47 Å². The van der Waals surface area contributed by atoms with E-state index in [0.29, 0.717) is 31.5 Å². The summed E-state index contributed by atoms with van der Waals surface area (Å²) in [7, 11) is 3.26. The number of rotatable bonds is 4. The maximum Gasteiger partial charge on any atom is 0.410 e. The third-order valence-electron chi connectivity index (χ3n) is 4.48. The Morgan fingerprint density at radius 3 is 2.14 bits per heavy atom. The average Bonchev–Trinajstić information content (AvgIpc) is 2.64. The van der Waals surface area contributed by atoms with Crippen LogP contribution in [0.3, 0.4) is 0 Å². The summed E-state index contributed by atoms with van der Waals surface area (Å²) >= 11 is 0. The van der Waals surface area contributed by atoms with E-state index in [9.17, 15) is 14.4 Å². The van der Waals surface area contributed by atoms with Crippen LogP contribution < -0.4 is 0 Å². The molecule has 1 atom stereocenters. The Bertz CT molecular complexity index is 688. The van der Waals surface area contributed by atoms with Crippen molar-refractivity contribution < 1.29 is 23.9 Å². The van der Waals surface area contributed by atoms with Crippen molar-refractivity contribution in [3.8, 4) is 0 Å². The summed E-state index contributed by atoms with van der Waals surface area (Å²) < 4.78 is 11.0. The van der Waals surface area contributed by atoms with Crippen molar-refractivity contribution in [3.05, 3.63) is 35.9 Å². The van der Waals surface area contributed by atoms with Crippen LogP contribution >= 0.6 is 0 Å². The van der Waals surface area contributed by atoms with E-state index in [1.807, 2.05) is 26.8 Å². The second-order valence-electron chi connectivity index (χ2n) is 8.20. The van der Waals surface area contributed by atoms with Gasteiger partial charge in [-0.15, -0.1) is 0 Å². The first-order chi connectivity index (χ1) is 13.1. The third-order valence-corrected chi connectivity index (χ3v) is 4.48. The zero-order valence-corrected chi connectivity index (χ0v) is 17.3. The molecule has 1 aliphatic heterocycles. The molecule has 7 heteroatoms. The van der Waals surface area contributed by atoms with E-state index in [1.54, 1.807) is 43.3 Å². The second kappa shape index (κ2) is 9.08. The second-order valence-corrected chi connectivity index (χ2v) is 8.20. The zero-order chi connectivity index (χ0) is 20.9. The van der Waals surface area contributed by atoms with Gasteiger partial charge >= 0.3 is 12.1 Å². The smallest absolute Gasteiger partial charge is 0.410 e. The molecular formula is C21H30N2O5. The maximum absolute atomic E-state index is 12.7. The molecule has 1 aromatic rings. The van der Waals surface area contributed by atoms with Gasteiger partial charge in [-0.1, -0.05) is 30.3 Å². The van der Waals surface area contributed by atoms with Crippen LogP contribution in [0.5, 0.6) is 0 Å². The van der Waals surface area contributed by atoms with Crippen molar-refractivity contribution >= 4 is 18.0 Å². The number of likely N-dealkylation sites (tertiary alicyclic amines) is 1. The van der Waals surface area contributed by atoms with Gasteiger partial charge in [0.2, 0.25) is 6.10 Å². The monoisotopic (exact) mass is 390 g/mol. The highest BCUT2D eigenvalue weighted by atomic mass is 16.6. The minimum Gasteiger partial charge on any atom is -0.447 e. The number of esters is 1. The standard InChI is InChI=1S/C21H30N2O5/c1-21(2,3)28-20(26)23-13-11-16(12-14-23)19(25)27-17(18(24)22(4)5)15-9-7-6-8-10-15/h6-10,16-17H,11-14H2,1-5H3/t17-/m0/s1. The molecule has 0 unspecified atom stereocenters. The highest BCUT2D eigenvalue weighted by Crippen LogP contribution is 2.25. The number of benzene rings is 1. The van der Waals surface area contributed by atoms with Gasteiger partial charge in [0.25, 0.3) is 5.91 Å². The van der Waals surface area contributed by atoms with Gasteiger partial charge in [-0.25, -0.2) is 4.79 Å². The molecule has 0 N–H and O–H groups in total. The van der Waals surface area contributed by atoms with Crippen LogP contribution in [0.25, 0.3) is 0 Å². The summed E-state index contributed by atoms with van der Waals surface area (Å²) in [6, 6.07) is 8.99. The number of ether oxygens (including phenoxy) is 2. The number of piperidine rings is 1. The predicted molar refractivity (Wildman–Crippen MR) is 105 cm³/mol. The predicted octanol–water partition coefficient (Wildman–Crippen LogP) is 3.01.